The summed E-state index contributed by atoms with van der Waals surface area (Å²) < 4.78 is 10.2. The van der Waals surface area contributed by atoms with E-state index in [9.17, 15) is 10.1 Å². The molecule has 0 aliphatic carbocycles. The van der Waals surface area contributed by atoms with Crippen molar-refractivity contribution in [2.45, 2.75) is 0 Å². The van der Waals surface area contributed by atoms with Crippen LogP contribution in [0.25, 0.3) is 0 Å². The third-order valence-electron chi connectivity index (χ3n) is 2.58. The van der Waals surface area contributed by atoms with E-state index in [0.717, 1.165) is 0 Å². The summed E-state index contributed by atoms with van der Waals surface area (Å²) in [6.45, 7) is -0.0366. The van der Waals surface area contributed by atoms with Gasteiger partial charge in [-0.25, -0.2) is 15.0 Å². The lowest BCUT2D eigenvalue weighted by molar-refractivity contribution is -0.384. The lowest BCUT2D eigenvalue weighted by atomic mass is 10.2. The largest absolute Gasteiger partial charge is 0.453 e. The minimum absolute atomic E-state index is 0.0366. The van der Waals surface area contributed by atoms with Crippen molar-refractivity contribution in [3.05, 3.63) is 46.5 Å². The molecule has 1 aromatic heterocycles. The number of aromatic nitrogens is 2. The van der Waals surface area contributed by atoms with E-state index in [1.807, 2.05) is 0 Å². The van der Waals surface area contributed by atoms with Gasteiger partial charge in [-0.1, -0.05) is 0 Å². The predicted octanol–water partition coefficient (Wildman–Crippen LogP) is 1.86. The maximum Gasteiger partial charge on any atom is 0.340 e. The summed E-state index contributed by atoms with van der Waals surface area (Å²) in [6, 6.07) is 4.74. The normalized spacial score (nSPS) is 12.8. The zero-order valence-electron chi connectivity index (χ0n) is 10.1. The zero-order valence-corrected chi connectivity index (χ0v) is 10.1. The first-order valence-electron chi connectivity index (χ1n) is 5.64. The monoisotopic (exact) mass is 272 g/mol. The van der Waals surface area contributed by atoms with Gasteiger partial charge in [-0.3, -0.25) is 10.1 Å². The van der Waals surface area contributed by atoms with Crippen molar-refractivity contribution in [2.75, 3.05) is 6.79 Å². The number of benzene rings is 1. The quantitative estimate of drug-likeness (QED) is 0.480. The van der Waals surface area contributed by atoms with Crippen molar-refractivity contribution >= 4 is 17.6 Å². The number of rotatable bonds is 3. The summed E-state index contributed by atoms with van der Waals surface area (Å²) >= 11 is 0. The van der Waals surface area contributed by atoms with Crippen LogP contribution >= 0.6 is 0 Å². The van der Waals surface area contributed by atoms with Crippen LogP contribution in [-0.4, -0.2) is 27.9 Å². The van der Waals surface area contributed by atoms with Gasteiger partial charge in [0.2, 0.25) is 12.5 Å². The van der Waals surface area contributed by atoms with Gasteiger partial charge in [-0.05, 0) is 18.2 Å². The average Bonchev–Trinajstić information content (AvgIpc) is 2.93. The first-order valence-corrected chi connectivity index (χ1v) is 5.64. The maximum absolute atomic E-state index is 11.2. The summed E-state index contributed by atoms with van der Waals surface area (Å²) in [5, 5.41) is 11.2. The Labute approximate surface area is 112 Å². The predicted molar refractivity (Wildman–Crippen MR) is 68.5 cm³/mol. The van der Waals surface area contributed by atoms with Gasteiger partial charge in [-0.15, -0.1) is 0 Å². The summed E-state index contributed by atoms with van der Waals surface area (Å²) in [6.07, 6.45) is 4.47. The fourth-order valence-electron chi connectivity index (χ4n) is 1.73. The highest BCUT2D eigenvalue weighted by Gasteiger charge is 2.29. The second-order valence-electron chi connectivity index (χ2n) is 3.79. The molecule has 0 saturated heterocycles. The average molecular weight is 272 g/mol. The molecule has 0 atom stereocenters. The number of nitro groups is 1. The van der Waals surface area contributed by atoms with Crippen molar-refractivity contribution in [1.82, 2.24) is 9.97 Å². The van der Waals surface area contributed by atoms with Gasteiger partial charge >= 0.3 is 5.69 Å². The van der Waals surface area contributed by atoms with Crippen molar-refractivity contribution in [3.8, 4) is 11.5 Å². The summed E-state index contributed by atoms with van der Waals surface area (Å²) in [4.78, 5) is 22.6. The van der Waals surface area contributed by atoms with Crippen LogP contribution < -0.4 is 9.47 Å². The van der Waals surface area contributed by atoms with Crippen molar-refractivity contribution in [3.63, 3.8) is 0 Å². The van der Waals surface area contributed by atoms with E-state index in [1.165, 1.54) is 12.3 Å². The van der Waals surface area contributed by atoms with Crippen LogP contribution in [0.4, 0.5) is 11.4 Å². The molecule has 3 rings (SSSR count). The smallest absolute Gasteiger partial charge is 0.340 e. The number of nitrogens with zero attached hydrogens (tertiary/aromatic N) is 4. The molecule has 0 bridgehead atoms. The second kappa shape index (κ2) is 4.92. The second-order valence-corrected chi connectivity index (χ2v) is 3.79. The van der Waals surface area contributed by atoms with Crippen LogP contribution in [0.2, 0.25) is 0 Å². The van der Waals surface area contributed by atoms with E-state index in [0.29, 0.717) is 11.6 Å². The SMILES string of the molecule is O=[N+]([O-])c1c(N=Cc2ncccn2)ccc2c1OCO2. The van der Waals surface area contributed by atoms with Gasteiger partial charge < -0.3 is 9.47 Å². The van der Waals surface area contributed by atoms with Gasteiger partial charge in [0, 0.05) is 12.4 Å². The fourth-order valence-corrected chi connectivity index (χ4v) is 1.73. The van der Waals surface area contributed by atoms with E-state index in [-0.39, 0.29) is 23.9 Å². The molecule has 0 fully saturated rings. The number of ether oxygens (including phenoxy) is 2. The summed E-state index contributed by atoms with van der Waals surface area (Å²) in [5.74, 6) is 0.796. The third-order valence-corrected chi connectivity index (χ3v) is 2.58. The molecule has 20 heavy (non-hydrogen) atoms. The molecule has 0 amide bonds. The van der Waals surface area contributed by atoms with Crippen molar-refractivity contribution in [1.29, 1.82) is 0 Å². The number of hydrogen-bond acceptors (Lipinski definition) is 7. The molecule has 0 radical (unpaired) electrons. The molecule has 1 aliphatic heterocycles. The third kappa shape index (κ3) is 2.14. The molecular formula is C12H8N4O4. The number of hydrogen-bond donors (Lipinski definition) is 0. The molecule has 0 saturated carbocycles. The minimum atomic E-state index is -0.550. The topological polar surface area (TPSA) is 99.7 Å². The van der Waals surface area contributed by atoms with E-state index in [2.05, 4.69) is 15.0 Å². The lowest BCUT2D eigenvalue weighted by Crippen LogP contribution is -1.95. The van der Waals surface area contributed by atoms with Crippen LogP contribution in [-0.2, 0) is 0 Å². The molecule has 8 heteroatoms. The highest BCUT2D eigenvalue weighted by atomic mass is 16.7. The maximum atomic E-state index is 11.2. The molecule has 1 aliphatic rings. The Morgan fingerprint density at radius 3 is 2.85 bits per heavy atom. The van der Waals surface area contributed by atoms with Crippen LogP contribution in [0.3, 0.4) is 0 Å². The Morgan fingerprint density at radius 1 is 1.30 bits per heavy atom. The molecule has 1 aromatic carbocycles. The van der Waals surface area contributed by atoms with E-state index < -0.39 is 4.92 Å². The molecule has 0 N–H and O–H groups in total. The van der Waals surface area contributed by atoms with Crippen LogP contribution in [0.1, 0.15) is 5.82 Å². The molecular weight excluding hydrogens is 264 g/mol. The first-order chi connectivity index (χ1) is 9.75. The van der Waals surface area contributed by atoms with Crippen molar-refractivity contribution < 1.29 is 14.4 Å². The van der Waals surface area contributed by atoms with Gasteiger partial charge in [-0.2, -0.15) is 0 Å². The standard InChI is InChI=1S/C12H8N4O4/c17-16(18)11-8(2-3-9-12(11)20-7-19-9)15-6-10-13-4-1-5-14-10/h1-6H,7H2. The summed E-state index contributed by atoms with van der Waals surface area (Å²) in [5.41, 5.74) is -0.0705. The Morgan fingerprint density at radius 2 is 2.10 bits per heavy atom. The van der Waals surface area contributed by atoms with Crippen LogP contribution in [0.5, 0.6) is 11.5 Å². The highest BCUT2D eigenvalue weighted by Crippen LogP contribution is 2.46. The number of aliphatic imine (C=N–C) groups is 1. The number of nitro benzene ring substituents is 1. The van der Waals surface area contributed by atoms with Gasteiger partial charge in [0.05, 0.1) is 11.1 Å². The molecule has 0 unspecified atom stereocenters. The molecule has 8 nitrogen and oxygen atoms in total. The van der Waals surface area contributed by atoms with Gasteiger partial charge in [0.1, 0.15) is 5.69 Å². The Balaban J connectivity index is 2.02. The molecule has 0 spiro atoms. The number of fused-ring (bicyclic) bond motifs is 1. The van der Waals surface area contributed by atoms with Gasteiger partial charge in [0.25, 0.3) is 0 Å². The molecule has 100 valence electrons. The van der Waals surface area contributed by atoms with Crippen LogP contribution in [0, 0.1) is 10.1 Å². The Hall–Kier alpha value is -3.03. The van der Waals surface area contributed by atoms with E-state index in [4.69, 9.17) is 9.47 Å². The van der Waals surface area contributed by atoms with Crippen LogP contribution in [0.15, 0.2) is 35.6 Å². The van der Waals surface area contributed by atoms with Gasteiger partial charge in [0.15, 0.2) is 11.6 Å². The van der Waals surface area contributed by atoms with Crippen molar-refractivity contribution in [2.24, 2.45) is 4.99 Å². The lowest BCUT2D eigenvalue weighted by Gasteiger charge is -2.01. The Kier molecular flexibility index (Phi) is 2.96. The zero-order chi connectivity index (χ0) is 13.9. The summed E-state index contributed by atoms with van der Waals surface area (Å²) in [7, 11) is 0. The Bertz CT molecular complexity index is 687. The minimum Gasteiger partial charge on any atom is -0.453 e. The first kappa shape index (κ1) is 12.0. The highest BCUT2D eigenvalue weighted by molar-refractivity contribution is 5.81. The molecule has 2 aromatic rings. The van der Waals surface area contributed by atoms with E-state index >= 15 is 0 Å². The molecule has 2 heterocycles. The van der Waals surface area contributed by atoms with E-state index in [1.54, 1.807) is 24.5 Å². The fraction of sp³-hybridized carbons (Fsp3) is 0.0833.